The molecule has 2 aliphatic rings. The van der Waals surface area contributed by atoms with E-state index in [-0.39, 0.29) is 23.8 Å². The Labute approximate surface area is 147 Å². The Morgan fingerprint density at radius 2 is 1.92 bits per heavy atom. The molecule has 2 aromatic rings. The number of hydrogen-bond acceptors (Lipinski definition) is 2. The quantitative estimate of drug-likeness (QED) is 0.725. The van der Waals surface area contributed by atoms with Crippen molar-refractivity contribution < 1.29 is 9.59 Å². The number of aromatic amines is 1. The predicted molar refractivity (Wildman–Crippen MR) is 97.0 cm³/mol. The lowest BCUT2D eigenvalue weighted by molar-refractivity contribution is -0.131. The lowest BCUT2D eigenvalue weighted by atomic mass is 10.0. The summed E-state index contributed by atoms with van der Waals surface area (Å²) in [6.07, 6.45) is 6.77. The van der Waals surface area contributed by atoms with Gasteiger partial charge in [0.15, 0.2) is 0 Å². The van der Waals surface area contributed by atoms with Crippen LogP contribution in [0.15, 0.2) is 30.5 Å². The third kappa shape index (κ3) is 3.70. The Morgan fingerprint density at radius 1 is 1.16 bits per heavy atom. The zero-order chi connectivity index (χ0) is 17.4. The first-order chi connectivity index (χ1) is 12.1. The van der Waals surface area contributed by atoms with E-state index < -0.39 is 6.04 Å². The molecule has 0 radical (unpaired) electrons. The first kappa shape index (κ1) is 16.2. The largest absolute Gasteiger partial charge is 0.361 e. The van der Waals surface area contributed by atoms with Gasteiger partial charge in [0, 0.05) is 35.5 Å². The van der Waals surface area contributed by atoms with Gasteiger partial charge < -0.3 is 15.6 Å². The van der Waals surface area contributed by atoms with Crippen LogP contribution < -0.4 is 10.6 Å². The van der Waals surface area contributed by atoms with Crippen LogP contribution in [0.2, 0.25) is 0 Å². The minimum atomic E-state index is -0.520. The summed E-state index contributed by atoms with van der Waals surface area (Å²) < 4.78 is 0. The van der Waals surface area contributed by atoms with Crippen molar-refractivity contribution >= 4 is 22.7 Å². The van der Waals surface area contributed by atoms with Crippen LogP contribution in [-0.2, 0) is 16.0 Å². The van der Waals surface area contributed by atoms with Crippen molar-refractivity contribution in [3.8, 4) is 0 Å². The standard InChI is InChI=1S/C20H25N3O2/c1-12(13-6-7-13)19(24)23-18(20(25)22-15-8-9-15)10-14-11-21-17-5-3-2-4-16(14)17/h2-5,11-13,15,18,21H,6-10H2,1H3,(H,22,25)(H,23,24). The monoisotopic (exact) mass is 339 g/mol. The van der Waals surface area contributed by atoms with E-state index in [1.807, 2.05) is 37.4 Å². The molecule has 5 heteroatoms. The minimum absolute atomic E-state index is 0.00158. The molecule has 0 aliphatic heterocycles. The maximum atomic E-state index is 12.7. The van der Waals surface area contributed by atoms with Crippen molar-refractivity contribution in [3.63, 3.8) is 0 Å². The number of rotatable bonds is 7. The summed E-state index contributed by atoms with van der Waals surface area (Å²) in [6.45, 7) is 1.97. The highest BCUT2D eigenvalue weighted by molar-refractivity contribution is 5.90. The molecule has 3 N–H and O–H groups in total. The molecule has 2 unspecified atom stereocenters. The number of H-pyrrole nitrogens is 1. The van der Waals surface area contributed by atoms with Gasteiger partial charge in [-0.05, 0) is 43.2 Å². The average molecular weight is 339 g/mol. The highest BCUT2D eigenvalue weighted by Crippen LogP contribution is 2.36. The van der Waals surface area contributed by atoms with Crippen molar-refractivity contribution in [2.45, 2.75) is 51.1 Å². The molecule has 0 saturated heterocycles. The van der Waals surface area contributed by atoms with Gasteiger partial charge in [0.25, 0.3) is 0 Å². The molecule has 4 rings (SSSR count). The first-order valence-corrected chi connectivity index (χ1v) is 9.27. The summed E-state index contributed by atoms with van der Waals surface area (Å²) in [5.74, 6) is 0.404. The van der Waals surface area contributed by atoms with E-state index in [0.29, 0.717) is 12.3 Å². The lowest BCUT2D eigenvalue weighted by Crippen LogP contribution is -2.50. The van der Waals surface area contributed by atoms with E-state index in [0.717, 1.165) is 42.1 Å². The van der Waals surface area contributed by atoms with Crippen molar-refractivity contribution in [3.05, 3.63) is 36.0 Å². The third-order valence-electron chi connectivity index (χ3n) is 5.40. The van der Waals surface area contributed by atoms with Crippen LogP contribution in [0.4, 0.5) is 0 Å². The average Bonchev–Trinajstić information content (AvgIpc) is 3.53. The fraction of sp³-hybridized carbons (Fsp3) is 0.500. The number of carbonyl (C=O) groups is 2. The van der Waals surface area contributed by atoms with Gasteiger partial charge in [-0.15, -0.1) is 0 Å². The molecule has 1 aromatic heterocycles. The maximum absolute atomic E-state index is 12.7. The van der Waals surface area contributed by atoms with Gasteiger partial charge in [0.2, 0.25) is 11.8 Å². The zero-order valence-electron chi connectivity index (χ0n) is 14.5. The van der Waals surface area contributed by atoms with Crippen molar-refractivity contribution in [1.29, 1.82) is 0 Å². The summed E-state index contributed by atoms with van der Waals surface area (Å²) in [7, 11) is 0. The number of nitrogens with one attached hydrogen (secondary N) is 3. The summed E-state index contributed by atoms with van der Waals surface area (Å²) in [5, 5.41) is 7.16. The molecule has 2 saturated carbocycles. The Morgan fingerprint density at radius 3 is 2.64 bits per heavy atom. The van der Waals surface area contributed by atoms with Crippen LogP contribution in [0.25, 0.3) is 10.9 Å². The second-order valence-corrected chi connectivity index (χ2v) is 7.53. The molecule has 2 aliphatic carbocycles. The van der Waals surface area contributed by atoms with Gasteiger partial charge in [-0.1, -0.05) is 25.1 Å². The van der Waals surface area contributed by atoms with Crippen LogP contribution in [0, 0.1) is 11.8 Å². The minimum Gasteiger partial charge on any atom is -0.361 e. The highest BCUT2D eigenvalue weighted by atomic mass is 16.2. The molecule has 132 valence electrons. The van der Waals surface area contributed by atoms with Crippen molar-refractivity contribution in [2.24, 2.45) is 11.8 Å². The smallest absolute Gasteiger partial charge is 0.243 e. The van der Waals surface area contributed by atoms with E-state index in [1.165, 1.54) is 0 Å². The zero-order valence-corrected chi connectivity index (χ0v) is 14.5. The number of para-hydroxylation sites is 1. The maximum Gasteiger partial charge on any atom is 0.243 e. The van der Waals surface area contributed by atoms with Gasteiger partial charge in [-0.25, -0.2) is 0 Å². The number of fused-ring (bicyclic) bond motifs is 1. The molecule has 5 nitrogen and oxygen atoms in total. The Bertz CT molecular complexity index is 789. The molecule has 1 aromatic carbocycles. The molecule has 1 heterocycles. The number of carbonyl (C=O) groups excluding carboxylic acids is 2. The molecule has 2 amide bonds. The molecular weight excluding hydrogens is 314 g/mol. The van der Waals surface area contributed by atoms with E-state index in [1.54, 1.807) is 0 Å². The van der Waals surface area contributed by atoms with Crippen LogP contribution in [-0.4, -0.2) is 28.9 Å². The van der Waals surface area contributed by atoms with Gasteiger partial charge in [-0.2, -0.15) is 0 Å². The van der Waals surface area contributed by atoms with Crippen LogP contribution >= 0.6 is 0 Å². The van der Waals surface area contributed by atoms with Crippen LogP contribution in [0.3, 0.4) is 0 Å². The third-order valence-corrected chi connectivity index (χ3v) is 5.40. The Hall–Kier alpha value is -2.30. The summed E-state index contributed by atoms with van der Waals surface area (Å²) in [4.78, 5) is 28.4. The molecular formula is C20H25N3O2. The van der Waals surface area contributed by atoms with E-state index >= 15 is 0 Å². The van der Waals surface area contributed by atoms with E-state index in [4.69, 9.17) is 0 Å². The summed E-state index contributed by atoms with van der Waals surface area (Å²) in [6, 6.07) is 7.81. The van der Waals surface area contributed by atoms with Gasteiger partial charge in [0.05, 0.1) is 0 Å². The van der Waals surface area contributed by atoms with Crippen LogP contribution in [0.5, 0.6) is 0 Å². The molecule has 0 spiro atoms. The van der Waals surface area contributed by atoms with Gasteiger partial charge in [-0.3, -0.25) is 9.59 Å². The molecule has 0 bridgehead atoms. The fourth-order valence-electron chi connectivity index (χ4n) is 3.37. The molecule has 2 fully saturated rings. The second-order valence-electron chi connectivity index (χ2n) is 7.53. The normalized spacial score (nSPS) is 19.4. The second kappa shape index (κ2) is 6.54. The van der Waals surface area contributed by atoms with Crippen LogP contribution in [0.1, 0.15) is 38.2 Å². The Kier molecular flexibility index (Phi) is 4.24. The van der Waals surface area contributed by atoms with E-state index in [9.17, 15) is 9.59 Å². The lowest BCUT2D eigenvalue weighted by Gasteiger charge is -2.20. The van der Waals surface area contributed by atoms with Gasteiger partial charge in [0.1, 0.15) is 6.04 Å². The number of amides is 2. The number of benzene rings is 1. The topological polar surface area (TPSA) is 74.0 Å². The SMILES string of the molecule is CC(C(=O)NC(Cc1c[nH]c2ccccc12)C(=O)NC1CC1)C1CC1. The van der Waals surface area contributed by atoms with Crippen molar-refractivity contribution in [1.82, 2.24) is 15.6 Å². The number of hydrogen-bond donors (Lipinski definition) is 3. The van der Waals surface area contributed by atoms with Gasteiger partial charge >= 0.3 is 0 Å². The molecule has 25 heavy (non-hydrogen) atoms. The summed E-state index contributed by atoms with van der Waals surface area (Å²) >= 11 is 0. The highest BCUT2D eigenvalue weighted by Gasteiger charge is 2.35. The Balaban J connectivity index is 1.51. The van der Waals surface area contributed by atoms with E-state index in [2.05, 4.69) is 15.6 Å². The molecule has 2 atom stereocenters. The number of aromatic nitrogens is 1. The fourth-order valence-corrected chi connectivity index (χ4v) is 3.37. The first-order valence-electron chi connectivity index (χ1n) is 9.27. The summed E-state index contributed by atoms with van der Waals surface area (Å²) in [5.41, 5.74) is 2.11. The predicted octanol–water partition coefficient (Wildman–Crippen LogP) is 2.52. The van der Waals surface area contributed by atoms with Crippen molar-refractivity contribution in [2.75, 3.05) is 0 Å².